The van der Waals surface area contributed by atoms with Crippen LogP contribution in [-0.4, -0.2) is 76.9 Å². The van der Waals surface area contributed by atoms with E-state index in [-0.39, 0.29) is 5.91 Å². The number of nitrogens with one attached hydrogen (secondary N) is 2. The summed E-state index contributed by atoms with van der Waals surface area (Å²) in [6, 6.07) is -4.17. The second kappa shape index (κ2) is 13.0. The Labute approximate surface area is 187 Å². The number of hydrogen-bond acceptors (Lipinski definition) is 7. The molecule has 182 valence electrons. The molecule has 4 unspecified atom stereocenters. The fourth-order valence-corrected chi connectivity index (χ4v) is 3.59. The Morgan fingerprint density at radius 3 is 2.31 bits per heavy atom. The van der Waals surface area contributed by atoms with Crippen LogP contribution in [0.5, 0.6) is 0 Å². The number of carbonyl (C=O) groups is 5. The van der Waals surface area contributed by atoms with E-state index in [0.29, 0.717) is 38.8 Å². The van der Waals surface area contributed by atoms with Gasteiger partial charge in [0, 0.05) is 6.54 Å². The largest absolute Gasteiger partial charge is 0.480 e. The van der Waals surface area contributed by atoms with Crippen molar-refractivity contribution in [2.75, 3.05) is 13.1 Å². The van der Waals surface area contributed by atoms with Gasteiger partial charge in [0.25, 0.3) is 0 Å². The zero-order valence-corrected chi connectivity index (χ0v) is 18.7. The summed E-state index contributed by atoms with van der Waals surface area (Å²) in [6.45, 7) is 4.07. The Morgan fingerprint density at radius 2 is 1.78 bits per heavy atom. The molecule has 1 aliphatic heterocycles. The van der Waals surface area contributed by atoms with E-state index in [9.17, 15) is 29.1 Å². The number of aliphatic carboxylic acids is 1. The van der Waals surface area contributed by atoms with Gasteiger partial charge in [0.15, 0.2) is 0 Å². The lowest BCUT2D eigenvalue weighted by Gasteiger charge is -2.28. The third-order valence-electron chi connectivity index (χ3n) is 5.39. The van der Waals surface area contributed by atoms with Crippen molar-refractivity contribution >= 4 is 29.6 Å². The number of carbonyl (C=O) groups excluding carboxylic acids is 4. The third-order valence-corrected chi connectivity index (χ3v) is 5.39. The van der Waals surface area contributed by atoms with E-state index in [1.165, 1.54) is 4.90 Å². The molecule has 4 atom stereocenters. The van der Waals surface area contributed by atoms with E-state index in [1.54, 1.807) is 13.8 Å². The van der Waals surface area contributed by atoms with Crippen LogP contribution in [0.1, 0.15) is 52.4 Å². The smallest absolute Gasteiger partial charge is 0.326 e. The lowest BCUT2D eigenvalue weighted by Crippen LogP contribution is -2.57. The van der Waals surface area contributed by atoms with E-state index in [2.05, 4.69) is 10.6 Å². The molecule has 1 saturated heterocycles. The minimum Gasteiger partial charge on any atom is -0.480 e. The molecule has 0 radical (unpaired) electrons. The molecular formula is C20H36N6O6. The van der Waals surface area contributed by atoms with Crippen molar-refractivity contribution in [1.29, 1.82) is 0 Å². The summed E-state index contributed by atoms with van der Waals surface area (Å²) in [5.74, 6) is -4.33. The number of hydrogen-bond donors (Lipinski definition) is 6. The van der Waals surface area contributed by atoms with Crippen molar-refractivity contribution in [1.82, 2.24) is 15.5 Å². The van der Waals surface area contributed by atoms with Gasteiger partial charge in [0.05, 0.1) is 12.5 Å². The molecule has 0 aromatic heterocycles. The third kappa shape index (κ3) is 8.08. The number of nitrogens with zero attached hydrogens (tertiary/aromatic N) is 1. The highest BCUT2D eigenvalue weighted by Crippen LogP contribution is 2.19. The van der Waals surface area contributed by atoms with Crippen molar-refractivity contribution in [3.8, 4) is 0 Å². The Bertz CT molecular complexity index is 700. The predicted octanol–water partition coefficient (Wildman–Crippen LogP) is -1.98. The Balaban J connectivity index is 2.87. The number of primary amides is 1. The average Bonchev–Trinajstić information content (AvgIpc) is 3.19. The number of rotatable bonds is 13. The Kier molecular flexibility index (Phi) is 11.1. The van der Waals surface area contributed by atoms with Gasteiger partial charge in [-0.15, -0.1) is 0 Å². The number of carboxylic acid groups (broad SMARTS) is 1. The molecule has 0 bridgehead atoms. The summed E-state index contributed by atoms with van der Waals surface area (Å²) < 4.78 is 0. The van der Waals surface area contributed by atoms with Crippen LogP contribution in [0, 0.1) is 5.92 Å². The molecule has 1 heterocycles. The van der Waals surface area contributed by atoms with Gasteiger partial charge in [-0.1, -0.05) is 20.3 Å². The van der Waals surface area contributed by atoms with E-state index in [1.807, 2.05) is 0 Å². The van der Waals surface area contributed by atoms with Gasteiger partial charge in [-0.25, -0.2) is 4.79 Å². The molecule has 9 N–H and O–H groups in total. The number of likely N-dealkylation sites (tertiary alicyclic amines) is 1. The molecule has 0 saturated carbocycles. The molecule has 0 spiro atoms. The molecule has 0 aromatic rings. The number of carboxylic acids is 1. The van der Waals surface area contributed by atoms with Gasteiger partial charge in [0.2, 0.25) is 23.6 Å². The van der Waals surface area contributed by atoms with Crippen molar-refractivity contribution in [3.63, 3.8) is 0 Å². The summed E-state index contributed by atoms with van der Waals surface area (Å²) in [7, 11) is 0. The maximum Gasteiger partial charge on any atom is 0.326 e. The lowest BCUT2D eigenvalue weighted by molar-refractivity contribution is -0.144. The molecule has 1 fully saturated rings. The second-order valence-electron chi connectivity index (χ2n) is 8.38. The van der Waals surface area contributed by atoms with E-state index < -0.39 is 60.2 Å². The van der Waals surface area contributed by atoms with E-state index in [4.69, 9.17) is 17.2 Å². The molecule has 0 aliphatic carbocycles. The Hall–Kier alpha value is -2.73. The zero-order valence-electron chi connectivity index (χ0n) is 18.7. The quantitative estimate of drug-likeness (QED) is 0.170. The molecular weight excluding hydrogens is 420 g/mol. The van der Waals surface area contributed by atoms with Crippen LogP contribution < -0.4 is 27.8 Å². The first-order chi connectivity index (χ1) is 15.0. The molecule has 4 amide bonds. The SMILES string of the molecule is CC(C)C(NC(=O)C(CC(N)=O)NC(=O)C1CCCN1C(=O)C(N)CCCCN)C(=O)O. The van der Waals surface area contributed by atoms with Crippen molar-refractivity contribution in [2.24, 2.45) is 23.1 Å². The monoisotopic (exact) mass is 456 g/mol. The van der Waals surface area contributed by atoms with Crippen LogP contribution >= 0.6 is 0 Å². The average molecular weight is 457 g/mol. The fourth-order valence-electron chi connectivity index (χ4n) is 3.59. The van der Waals surface area contributed by atoms with Gasteiger partial charge < -0.3 is 37.8 Å². The van der Waals surface area contributed by atoms with E-state index in [0.717, 1.165) is 6.42 Å². The highest BCUT2D eigenvalue weighted by molar-refractivity contribution is 5.96. The molecule has 12 heteroatoms. The first kappa shape index (κ1) is 27.3. The van der Waals surface area contributed by atoms with Gasteiger partial charge in [0.1, 0.15) is 18.1 Å². The van der Waals surface area contributed by atoms with Crippen LogP contribution in [0.25, 0.3) is 0 Å². The van der Waals surface area contributed by atoms with Crippen LogP contribution in [0.2, 0.25) is 0 Å². The molecule has 12 nitrogen and oxygen atoms in total. The van der Waals surface area contributed by atoms with Crippen LogP contribution in [0.15, 0.2) is 0 Å². The van der Waals surface area contributed by atoms with Gasteiger partial charge in [-0.2, -0.15) is 0 Å². The number of amides is 4. The summed E-state index contributed by atoms with van der Waals surface area (Å²) in [5.41, 5.74) is 16.6. The number of unbranched alkanes of at least 4 members (excludes halogenated alkanes) is 1. The molecule has 1 aliphatic rings. The first-order valence-electron chi connectivity index (χ1n) is 10.9. The van der Waals surface area contributed by atoms with Gasteiger partial charge in [-0.3, -0.25) is 19.2 Å². The first-order valence-corrected chi connectivity index (χ1v) is 10.9. The van der Waals surface area contributed by atoms with Crippen molar-refractivity contribution in [3.05, 3.63) is 0 Å². The van der Waals surface area contributed by atoms with E-state index >= 15 is 0 Å². The normalized spacial score (nSPS) is 18.7. The summed E-state index contributed by atoms with van der Waals surface area (Å²) >= 11 is 0. The highest BCUT2D eigenvalue weighted by Gasteiger charge is 2.38. The topological polar surface area (TPSA) is 211 Å². The maximum absolute atomic E-state index is 12.9. The van der Waals surface area contributed by atoms with Crippen molar-refractivity contribution < 1.29 is 29.1 Å². The lowest BCUT2D eigenvalue weighted by atomic mass is 10.0. The predicted molar refractivity (Wildman–Crippen MR) is 116 cm³/mol. The summed E-state index contributed by atoms with van der Waals surface area (Å²) in [4.78, 5) is 62.4. The van der Waals surface area contributed by atoms with Gasteiger partial charge >= 0.3 is 5.97 Å². The second-order valence-corrected chi connectivity index (χ2v) is 8.38. The fraction of sp³-hybridized carbons (Fsp3) is 0.750. The number of nitrogens with two attached hydrogens (primary N) is 3. The molecule has 0 aromatic carbocycles. The Morgan fingerprint density at radius 1 is 1.12 bits per heavy atom. The standard InChI is InChI=1S/C20H36N6O6/c1-11(2)16(20(31)32)25-17(28)13(10-15(23)27)24-18(29)14-7-5-9-26(14)19(30)12(22)6-3-4-8-21/h11-14,16H,3-10,21-22H2,1-2H3,(H2,23,27)(H,24,29)(H,25,28)(H,31,32). The minimum atomic E-state index is -1.36. The summed E-state index contributed by atoms with van der Waals surface area (Å²) in [6.07, 6.45) is 2.32. The maximum atomic E-state index is 12.9. The van der Waals surface area contributed by atoms with Crippen LogP contribution in [0.3, 0.4) is 0 Å². The minimum absolute atomic E-state index is 0.350. The molecule has 32 heavy (non-hydrogen) atoms. The highest BCUT2D eigenvalue weighted by atomic mass is 16.4. The van der Waals surface area contributed by atoms with Gasteiger partial charge in [-0.05, 0) is 38.1 Å². The van der Waals surface area contributed by atoms with Crippen molar-refractivity contribution in [2.45, 2.75) is 76.5 Å². The van der Waals surface area contributed by atoms with Crippen LogP contribution in [-0.2, 0) is 24.0 Å². The molecule has 1 rings (SSSR count). The summed E-state index contributed by atoms with van der Waals surface area (Å²) in [5, 5.41) is 14.1. The van der Waals surface area contributed by atoms with Crippen LogP contribution in [0.4, 0.5) is 0 Å². The zero-order chi connectivity index (χ0) is 24.4.